The second-order valence-corrected chi connectivity index (χ2v) is 7.74. The minimum absolute atomic E-state index is 0.134. The molecule has 0 spiro atoms. The fourth-order valence-electron chi connectivity index (χ4n) is 2.47. The van der Waals surface area contributed by atoms with Crippen molar-refractivity contribution in [2.24, 2.45) is 0 Å². The van der Waals surface area contributed by atoms with E-state index in [0.717, 1.165) is 11.1 Å². The number of carbonyl (C=O) groups is 3. The molecule has 0 aromatic heterocycles. The van der Waals surface area contributed by atoms with Gasteiger partial charge >= 0.3 is 12.0 Å². The number of imide groups is 1. The summed E-state index contributed by atoms with van der Waals surface area (Å²) in [5.41, 5.74) is 2.62. The highest BCUT2D eigenvalue weighted by atomic mass is 32.2. The topological polar surface area (TPSA) is 102 Å². The monoisotopic (exact) mass is 402 g/mol. The molecular formula is C20H22N2O5S. The number of rotatable bonds is 6. The lowest BCUT2D eigenvalue weighted by Crippen LogP contribution is -2.37. The maximum Gasteiger partial charge on any atom is 0.339 e. The molecule has 2 rings (SSSR count). The second kappa shape index (κ2) is 9.80. The molecule has 7 nitrogen and oxygen atoms in total. The molecule has 0 unspecified atom stereocenters. The molecule has 8 heteroatoms. The van der Waals surface area contributed by atoms with E-state index in [9.17, 15) is 18.6 Å². The molecule has 148 valence electrons. The van der Waals surface area contributed by atoms with Crippen molar-refractivity contribution >= 4 is 34.4 Å². The third-order valence-electron chi connectivity index (χ3n) is 3.83. The largest absolute Gasteiger partial charge is 0.452 e. The Labute approximate surface area is 165 Å². The first-order chi connectivity index (χ1) is 13.3. The Bertz CT molecular complexity index is 927. The summed E-state index contributed by atoms with van der Waals surface area (Å²) in [6, 6.07) is 11.1. The summed E-state index contributed by atoms with van der Waals surface area (Å²) < 4.78 is 17.0. The van der Waals surface area contributed by atoms with Crippen molar-refractivity contribution in [1.82, 2.24) is 5.32 Å². The van der Waals surface area contributed by atoms with Crippen LogP contribution in [0.3, 0.4) is 0 Å². The number of hydrogen-bond donors (Lipinski definition) is 2. The van der Waals surface area contributed by atoms with Gasteiger partial charge in [-0.1, -0.05) is 36.8 Å². The van der Waals surface area contributed by atoms with Crippen LogP contribution >= 0.6 is 0 Å². The van der Waals surface area contributed by atoms with E-state index >= 15 is 0 Å². The number of aryl methyl sites for hydroxylation is 2. The number of amides is 3. The SMILES string of the molecule is CC[S@@](=O)c1ccccc1C(=O)OCC(=O)NC(=O)Nc1ccc(C)cc1C. The van der Waals surface area contributed by atoms with Crippen LogP contribution in [-0.4, -0.2) is 34.5 Å². The van der Waals surface area contributed by atoms with E-state index < -0.39 is 35.3 Å². The number of ether oxygens (including phenoxy) is 1. The maximum atomic E-state index is 12.2. The smallest absolute Gasteiger partial charge is 0.339 e. The predicted octanol–water partition coefficient (Wildman–Crippen LogP) is 2.94. The summed E-state index contributed by atoms with van der Waals surface area (Å²) in [7, 11) is -1.34. The first-order valence-corrected chi connectivity index (χ1v) is 9.96. The van der Waals surface area contributed by atoms with Crippen molar-refractivity contribution in [2.75, 3.05) is 17.7 Å². The van der Waals surface area contributed by atoms with Gasteiger partial charge in [-0.15, -0.1) is 0 Å². The molecule has 0 aliphatic carbocycles. The molecule has 0 bridgehead atoms. The van der Waals surface area contributed by atoms with Crippen LogP contribution in [0.15, 0.2) is 47.4 Å². The lowest BCUT2D eigenvalue weighted by Gasteiger charge is -2.11. The number of benzene rings is 2. The van der Waals surface area contributed by atoms with E-state index in [0.29, 0.717) is 16.3 Å². The molecule has 0 fully saturated rings. The van der Waals surface area contributed by atoms with Gasteiger partial charge in [0.1, 0.15) is 0 Å². The van der Waals surface area contributed by atoms with Crippen molar-refractivity contribution in [3.63, 3.8) is 0 Å². The van der Waals surface area contributed by atoms with Gasteiger partial charge in [-0.25, -0.2) is 9.59 Å². The number of esters is 1. The Kier molecular flexibility index (Phi) is 7.45. The zero-order chi connectivity index (χ0) is 20.7. The molecule has 0 saturated heterocycles. The summed E-state index contributed by atoms with van der Waals surface area (Å²) >= 11 is 0. The van der Waals surface area contributed by atoms with Crippen molar-refractivity contribution < 1.29 is 23.3 Å². The summed E-state index contributed by atoms with van der Waals surface area (Å²) in [5.74, 6) is -1.20. The van der Waals surface area contributed by atoms with Gasteiger partial charge in [0.15, 0.2) is 6.61 Å². The van der Waals surface area contributed by atoms with Crippen LogP contribution < -0.4 is 10.6 Å². The zero-order valence-corrected chi connectivity index (χ0v) is 16.7. The van der Waals surface area contributed by atoms with E-state index in [-0.39, 0.29) is 5.56 Å². The van der Waals surface area contributed by atoms with E-state index in [4.69, 9.17) is 4.74 Å². The highest BCUT2D eigenvalue weighted by Gasteiger charge is 2.18. The van der Waals surface area contributed by atoms with Crippen LogP contribution in [-0.2, 0) is 20.3 Å². The van der Waals surface area contributed by atoms with Crippen LogP contribution in [0.2, 0.25) is 0 Å². The average Bonchev–Trinajstić information content (AvgIpc) is 2.67. The number of urea groups is 1. The van der Waals surface area contributed by atoms with Gasteiger partial charge in [0.05, 0.1) is 21.3 Å². The summed E-state index contributed by atoms with van der Waals surface area (Å²) in [4.78, 5) is 36.4. The van der Waals surface area contributed by atoms with Gasteiger partial charge < -0.3 is 10.1 Å². The third-order valence-corrected chi connectivity index (χ3v) is 5.20. The maximum absolute atomic E-state index is 12.2. The predicted molar refractivity (Wildman–Crippen MR) is 107 cm³/mol. The summed E-state index contributed by atoms with van der Waals surface area (Å²) in [5, 5.41) is 4.67. The Morgan fingerprint density at radius 2 is 1.79 bits per heavy atom. The Morgan fingerprint density at radius 3 is 2.46 bits per heavy atom. The van der Waals surface area contributed by atoms with Gasteiger partial charge in [-0.2, -0.15) is 0 Å². The Hall–Kier alpha value is -3.00. The standard InChI is InChI=1S/C20H22N2O5S/c1-4-28(26)17-8-6-5-7-15(17)19(24)27-12-18(23)22-20(25)21-16-10-9-13(2)11-14(16)3/h5-11H,4,12H2,1-3H3,(H2,21,22,23,25)/t28-/m1/s1. The Balaban J connectivity index is 1.91. The normalized spacial score (nSPS) is 11.4. The fraction of sp³-hybridized carbons (Fsp3) is 0.250. The lowest BCUT2D eigenvalue weighted by atomic mass is 10.1. The van der Waals surface area contributed by atoms with Crippen LogP contribution in [0, 0.1) is 13.8 Å². The number of nitrogens with one attached hydrogen (secondary N) is 2. The van der Waals surface area contributed by atoms with Crippen LogP contribution in [0.4, 0.5) is 10.5 Å². The third kappa shape index (κ3) is 5.75. The van der Waals surface area contributed by atoms with Gasteiger partial charge in [-0.05, 0) is 37.6 Å². The molecule has 2 N–H and O–H groups in total. The summed E-state index contributed by atoms with van der Waals surface area (Å²) in [6.45, 7) is 4.87. The molecule has 0 heterocycles. The number of anilines is 1. The first-order valence-electron chi connectivity index (χ1n) is 8.64. The molecule has 28 heavy (non-hydrogen) atoms. The van der Waals surface area contributed by atoms with Gasteiger partial charge in [0.25, 0.3) is 5.91 Å². The molecule has 3 amide bonds. The second-order valence-electron chi connectivity index (χ2n) is 6.03. The van der Waals surface area contributed by atoms with E-state index in [2.05, 4.69) is 10.6 Å². The van der Waals surface area contributed by atoms with Crippen LogP contribution in [0.5, 0.6) is 0 Å². The average molecular weight is 402 g/mol. The lowest BCUT2D eigenvalue weighted by molar-refractivity contribution is -0.123. The van der Waals surface area contributed by atoms with Gasteiger partial charge in [0.2, 0.25) is 0 Å². The van der Waals surface area contributed by atoms with E-state index in [1.54, 1.807) is 31.2 Å². The van der Waals surface area contributed by atoms with Gasteiger partial charge in [-0.3, -0.25) is 14.3 Å². The number of carbonyl (C=O) groups excluding carboxylic acids is 3. The fourth-order valence-corrected chi connectivity index (χ4v) is 3.41. The molecule has 1 atom stereocenters. The molecule has 2 aromatic rings. The van der Waals surface area contributed by atoms with Crippen LogP contribution in [0.25, 0.3) is 0 Å². The van der Waals surface area contributed by atoms with Crippen molar-refractivity contribution in [3.05, 3.63) is 59.2 Å². The minimum Gasteiger partial charge on any atom is -0.452 e. The molecule has 0 aliphatic rings. The Morgan fingerprint density at radius 1 is 1.07 bits per heavy atom. The molecule has 0 aliphatic heterocycles. The van der Waals surface area contributed by atoms with Crippen molar-refractivity contribution in [3.8, 4) is 0 Å². The quantitative estimate of drug-likeness (QED) is 0.724. The molecule has 2 aromatic carbocycles. The minimum atomic E-state index is -1.34. The highest BCUT2D eigenvalue weighted by Crippen LogP contribution is 2.16. The molecular weight excluding hydrogens is 380 g/mol. The van der Waals surface area contributed by atoms with E-state index in [1.807, 2.05) is 26.0 Å². The molecule has 0 radical (unpaired) electrons. The van der Waals surface area contributed by atoms with Gasteiger partial charge in [0, 0.05) is 11.4 Å². The number of hydrogen-bond acceptors (Lipinski definition) is 5. The van der Waals surface area contributed by atoms with E-state index in [1.165, 1.54) is 6.07 Å². The molecule has 0 saturated carbocycles. The van der Waals surface area contributed by atoms with Crippen LogP contribution in [0.1, 0.15) is 28.4 Å². The van der Waals surface area contributed by atoms with Crippen molar-refractivity contribution in [2.45, 2.75) is 25.7 Å². The van der Waals surface area contributed by atoms with Crippen molar-refractivity contribution in [1.29, 1.82) is 0 Å². The highest BCUT2D eigenvalue weighted by molar-refractivity contribution is 7.85. The zero-order valence-electron chi connectivity index (χ0n) is 15.9. The first kappa shape index (κ1) is 21.3. The summed E-state index contributed by atoms with van der Waals surface area (Å²) in [6.07, 6.45) is 0.